The number of carbonyl (C=O) groups is 3. The van der Waals surface area contributed by atoms with E-state index in [0.29, 0.717) is 26.1 Å². The van der Waals surface area contributed by atoms with E-state index in [1.807, 2.05) is 19.1 Å². The van der Waals surface area contributed by atoms with Gasteiger partial charge in [0.2, 0.25) is 5.91 Å². The zero-order valence-corrected chi connectivity index (χ0v) is 15.3. The molecule has 2 aliphatic carbocycles. The maximum atomic E-state index is 12.9. The van der Waals surface area contributed by atoms with E-state index < -0.39 is 23.7 Å². The molecule has 0 aliphatic heterocycles. The molecule has 0 unspecified atom stereocenters. The Balaban J connectivity index is 1.77. The van der Waals surface area contributed by atoms with Crippen molar-refractivity contribution in [1.29, 1.82) is 0 Å². The second-order valence-electron chi connectivity index (χ2n) is 6.82. The Kier molecular flexibility index (Phi) is 5.59. The standard InChI is InChI=1S/C18H24N4O5/c1-3-22-9-12(15(21-22)17(24)19-6-7-27-2)20-16(23)13-10-4-5-11(8-10)14(13)18(25)26/h4-5,9-11,13-14H,3,6-8H2,1-2H3,(H,19,24)(H,20,23)(H,25,26)/t10-,11-,13-,14-/m0/s1. The van der Waals surface area contributed by atoms with Gasteiger partial charge in [0.15, 0.2) is 5.69 Å². The van der Waals surface area contributed by atoms with Gasteiger partial charge in [-0.2, -0.15) is 5.10 Å². The first-order chi connectivity index (χ1) is 13.0. The van der Waals surface area contributed by atoms with Crippen molar-refractivity contribution in [3.05, 3.63) is 24.0 Å². The summed E-state index contributed by atoms with van der Waals surface area (Å²) < 4.78 is 6.46. The van der Waals surface area contributed by atoms with Gasteiger partial charge in [-0.25, -0.2) is 0 Å². The van der Waals surface area contributed by atoms with Gasteiger partial charge in [-0.3, -0.25) is 19.1 Å². The van der Waals surface area contributed by atoms with Crippen LogP contribution in [0.2, 0.25) is 0 Å². The molecule has 4 atom stereocenters. The monoisotopic (exact) mass is 376 g/mol. The fourth-order valence-electron chi connectivity index (χ4n) is 3.93. The van der Waals surface area contributed by atoms with E-state index in [2.05, 4.69) is 15.7 Å². The maximum Gasteiger partial charge on any atom is 0.307 e. The maximum absolute atomic E-state index is 12.9. The van der Waals surface area contributed by atoms with Crippen molar-refractivity contribution < 1.29 is 24.2 Å². The van der Waals surface area contributed by atoms with Crippen molar-refractivity contribution in [2.24, 2.45) is 23.7 Å². The number of aromatic nitrogens is 2. The van der Waals surface area contributed by atoms with Crippen molar-refractivity contribution in [2.45, 2.75) is 19.9 Å². The molecule has 0 spiro atoms. The number of methoxy groups -OCH3 is 1. The summed E-state index contributed by atoms with van der Waals surface area (Å²) in [6.45, 7) is 3.08. The summed E-state index contributed by atoms with van der Waals surface area (Å²) in [5.41, 5.74) is 0.388. The van der Waals surface area contributed by atoms with E-state index in [1.165, 1.54) is 7.11 Å². The number of aliphatic carboxylic acids is 1. The number of rotatable bonds is 8. The molecule has 1 fully saturated rings. The predicted molar refractivity (Wildman–Crippen MR) is 96.1 cm³/mol. The first-order valence-corrected chi connectivity index (χ1v) is 9.02. The van der Waals surface area contributed by atoms with Gasteiger partial charge in [-0.15, -0.1) is 0 Å². The molecule has 1 aromatic rings. The number of hydrogen-bond acceptors (Lipinski definition) is 5. The van der Waals surface area contributed by atoms with Gasteiger partial charge < -0.3 is 20.5 Å². The molecule has 2 amide bonds. The number of carbonyl (C=O) groups excluding carboxylic acids is 2. The van der Waals surface area contributed by atoms with Gasteiger partial charge in [0.05, 0.1) is 24.1 Å². The molecule has 1 heterocycles. The molecule has 2 aliphatic rings. The number of allylic oxidation sites excluding steroid dienone is 2. The molecular formula is C18H24N4O5. The van der Waals surface area contributed by atoms with Gasteiger partial charge >= 0.3 is 5.97 Å². The van der Waals surface area contributed by atoms with Crippen LogP contribution in [0.4, 0.5) is 5.69 Å². The van der Waals surface area contributed by atoms with Gasteiger partial charge in [-0.1, -0.05) is 12.2 Å². The third kappa shape index (κ3) is 3.73. The Morgan fingerprint density at radius 1 is 1.30 bits per heavy atom. The fraction of sp³-hybridized carbons (Fsp3) is 0.556. The molecule has 3 N–H and O–H groups in total. The van der Waals surface area contributed by atoms with Crippen LogP contribution in [0.25, 0.3) is 0 Å². The first kappa shape index (κ1) is 19.1. The van der Waals surface area contributed by atoms with Crippen molar-refractivity contribution in [2.75, 3.05) is 25.6 Å². The van der Waals surface area contributed by atoms with E-state index in [1.54, 1.807) is 10.9 Å². The number of aryl methyl sites for hydroxylation is 1. The van der Waals surface area contributed by atoms with E-state index in [0.717, 1.165) is 0 Å². The van der Waals surface area contributed by atoms with Crippen LogP contribution in [-0.4, -0.2) is 52.9 Å². The third-order valence-electron chi connectivity index (χ3n) is 5.20. The fourth-order valence-corrected chi connectivity index (χ4v) is 3.93. The topological polar surface area (TPSA) is 123 Å². The highest BCUT2D eigenvalue weighted by Crippen LogP contribution is 2.48. The molecule has 2 bridgehead atoms. The number of ether oxygens (including phenoxy) is 1. The predicted octanol–water partition coefficient (Wildman–Crippen LogP) is 0.741. The lowest BCUT2D eigenvalue weighted by Gasteiger charge is -2.23. The van der Waals surface area contributed by atoms with Gasteiger partial charge in [0.25, 0.3) is 5.91 Å². The summed E-state index contributed by atoms with van der Waals surface area (Å²) in [5.74, 6) is -3.35. The molecule has 0 radical (unpaired) electrons. The molecule has 0 saturated heterocycles. The van der Waals surface area contributed by atoms with Gasteiger partial charge in [0, 0.05) is 26.4 Å². The van der Waals surface area contributed by atoms with Crippen molar-refractivity contribution in [3.8, 4) is 0 Å². The molecule has 1 aromatic heterocycles. The average Bonchev–Trinajstić information content (AvgIpc) is 3.35. The Morgan fingerprint density at radius 3 is 2.63 bits per heavy atom. The Labute approximate surface area is 156 Å². The van der Waals surface area contributed by atoms with Crippen LogP contribution in [0.3, 0.4) is 0 Å². The number of amides is 2. The van der Waals surface area contributed by atoms with Crippen LogP contribution in [0, 0.1) is 23.7 Å². The van der Waals surface area contributed by atoms with Crippen LogP contribution < -0.4 is 10.6 Å². The lowest BCUT2D eigenvalue weighted by Crippen LogP contribution is -2.37. The zero-order valence-electron chi connectivity index (χ0n) is 15.3. The quantitative estimate of drug-likeness (QED) is 0.454. The zero-order chi connectivity index (χ0) is 19.6. The SMILES string of the molecule is CCn1cc(NC(=O)[C@@H]2[C@@H](C(=O)O)[C@H]3C=C[C@H]2C3)c(C(=O)NCCOC)n1. The summed E-state index contributed by atoms with van der Waals surface area (Å²) in [5, 5.41) is 19.1. The minimum Gasteiger partial charge on any atom is -0.481 e. The van der Waals surface area contributed by atoms with E-state index in [9.17, 15) is 19.5 Å². The molecule has 146 valence electrons. The number of nitrogens with one attached hydrogen (secondary N) is 2. The first-order valence-electron chi connectivity index (χ1n) is 9.02. The number of carboxylic acid groups (broad SMARTS) is 1. The molecule has 9 nitrogen and oxygen atoms in total. The normalized spacial score (nSPS) is 25.6. The summed E-state index contributed by atoms with van der Waals surface area (Å²) in [4.78, 5) is 36.9. The van der Waals surface area contributed by atoms with Crippen LogP contribution >= 0.6 is 0 Å². The molecular weight excluding hydrogens is 352 g/mol. The van der Waals surface area contributed by atoms with Crippen LogP contribution in [0.1, 0.15) is 23.8 Å². The number of nitrogens with zero attached hydrogens (tertiary/aromatic N) is 2. The number of hydrogen-bond donors (Lipinski definition) is 3. The van der Waals surface area contributed by atoms with E-state index in [4.69, 9.17) is 4.74 Å². The molecule has 27 heavy (non-hydrogen) atoms. The molecule has 1 saturated carbocycles. The number of fused-ring (bicyclic) bond motifs is 2. The highest BCUT2D eigenvalue weighted by molar-refractivity contribution is 6.03. The second-order valence-corrected chi connectivity index (χ2v) is 6.82. The van der Waals surface area contributed by atoms with Crippen molar-refractivity contribution in [3.63, 3.8) is 0 Å². The molecule has 3 rings (SSSR count). The summed E-state index contributed by atoms with van der Waals surface area (Å²) in [6, 6.07) is 0. The third-order valence-corrected chi connectivity index (χ3v) is 5.20. The summed E-state index contributed by atoms with van der Waals surface area (Å²) in [6.07, 6.45) is 6.06. The summed E-state index contributed by atoms with van der Waals surface area (Å²) >= 11 is 0. The number of anilines is 1. The second kappa shape index (κ2) is 7.91. The highest BCUT2D eigenvalue weighted by atomic mass is 16.5. The smallest absolute Gasteiger partial charge is 0.307 e. The number of carboxylic acids is 1. The minimum atomic E-state index is -0.964. The lowest BCUT2D eigenvalue weighted by molar-refractivity contribution is -0.146. The van der Waals surface area contributed by atoms with Crippen molar-refractivity contribution in [1.82, 2.24) is 15.1 Å². The Bertz CT molecular complexity index is 772. The van der Waals surface area contributed by atoms with Crippen LogP contribution in [-0.2, 0) is 20.9 Å². The van der Waals surface area contributed by atoms with E-state index in [-0.39, 0.29) is 29.1 Å². The molecule has 9 heteroatoms. The minimum absolute atomic E-state index is 0.0868. The highest BCUT2D eigenvalue weighted by Gasteiger charge is 2.51. The van der Waals surface area contributed by atoms with Gasteiger partial charge in [-0.05, 0) is 25.2 Å². The lowest BCUT2D eigenvalue weighted by atomic mass is 9.82. The summed E-state index contributed by atoms with van der Waals surface area (Å²) in [7, 11) is 1.53. The largest absolute Gasteiger partial charge is 0.481 e. The average molecular weight is 376 g/mol. The van der Waals surface area contributed by atoms with Gasteiger partial charge in [0.1, 0.15) is 0 Å². The van der Waals surface area contributed by atoms with Crippen LogP contribution in [0.15, 0.2) is 18.3 Å². The Morgan fingerprint density at radius 2 is 2.00 bits per heavy atom. The molecule has 0 aromatic carbocycles. The Hall–Kier alpha value is -2.68. The van der Waals surface area contributed by atoms with Crippen molar-refractivity contribution >= 4 is 23.5 Å². The van der Waals surface area contributed by atoms with Crippen LogP contribution in [0.5, 0.6) is 0 Å². The van der Waals surface area contributed by atoms with E-state index >= 15 is 0 Å².